The lowest BCUT2D eigenvalue weighted by molar-refractivity contribution is 0.0234. The van der Waals surface area contributed by atoms with Crippen molar-refractivity contribution in [2.75, 3.05) is 0 Å². The summed E-state index contributed by atoms with van der Waals surface area (Å²) in [7, 11) is 0. The smallest absolute Gasteiger partial charge is 0.0933 e. The molecular formula is C12H15N3O. The lowest BCUT2D eigenvalue weighted by atomic mass is 10.2. The second-order valence-electron chi connectivity index (χ2n) is 3.62. The highest BCUT2D eigenvalue weighted by Crippen LogP contribution is 2.02. The summed E-state index contributed by atoms with van der Waals surface area (Å²) < 4.78 is 0. The van der Waals surface area contributed by atoms with E-state index in [9.17, 15) is 0 Å². The second-order valence-corrected chi connectivity index (χ2v) is 3.62. The highest BCUT2D eigenvalue weighted by atomic mass is 16.6. The summed E-state index contributed by atoms with van der Waals surface area (Å²) in [5.74, 6) is 0. The number of rotatable bonds is 5. The Bertz CT molecular complexity index is 425. The molecule has 84 valence electrons. The number of hydrogen-bond donors (Lipinski definition) is 2. The van der Waals surface area contributed by atoms with Gasteiger partial charge in [-0.25, -0.2) is 0 Å². The molecule has 0 saturated carbocycles. The van der Waals surface area contributed by atoms with E-state index in [-0.39, 0.29) is 0 Å². The Labute approximate surface area is 94.6 Å². The third-order valence-electron chi connectivity index (χ3n) is 2.38. The molecule has 2 aromatic rings. The van der Waals surface area contributed by atoms with E-state index in [4.69, 9.17) is 4.84 Å². The number of hydroxylamine groups is 1. The summed E-state index contributed by atoms with van der Waals surface area (Å²) in [5.41, 5.74) is 6.25. The number of H-pyrrole nitrogens is 1. The zero-order chi connectivity index (χ0) is 11.2. The van der Waals surface area contributed by atoms with Crippen LogP contribution in [0.2, 0.25) is 0 Å². The normalized spacial score (nSPS) is 10.6. The number of aromatic nitrogens is 2. The molecule has 0 aliphatic heterocycles. The third-order valence-corrected chi connectivity index (χ3v) is 2.38. The van der Waals surface area contributed by atoms with Crippen LogP contribution in [0.5, 0.6) is 0 Å². The summed E-state index contributed by atoms with van der Waals surface area (Å²) in [6.07, 6.45) is 1.80. The van der Waals surface area contributed by atoms with Crippen molar-refractivity contribution < 1.29 is 4.84 Å². The van der Waals surface area contributed by atoms with E-state index < -0.39 is 0 Å². The van der Waals surface area contributed by atoms with Crippen LogP contribution in [0.1, 0.15) is 16.8 Å². The molecule has 16 heavy (non-hydrogen) atoms. The Morgan fingerprint density at radius 2 is 2.12 bits per heavy atom. The fourth-order valence-electron chi connectivity index (χ4n) is 1.39. The van der Waals surface area contributed by atoms with Gasteiger partial charge in [0.05, 0.1) is 12.8 Å². The Kier molecular flexibility index (Phi) is 3.69. The molecule has 0 aliphatic carbocycles. The highest BCUT2D eigenvalue weighted by molar-refractivity contribution is 5.14. The number of benzene rings is 1. The summed E-state index contributed by atoms with van der Waals surface area (Å²) in [6.45, 7) is 3.22. The lowest BCUT2D eigenvalue weighted by Crippen LogP contribution is -2.14. The van der Waals surface area contributed by atoms with Crippen molar-refractivity contribution in [2.45, 2.75) is 20.1 Å². The van der Waals surface area contributed by atoms with Crippen molar-refractivity contribution in [1.82, 2.24) is 15.7 Å². The average molecular weight is 217 g/mol. The average Bonchev–Trinajstić information content (AvgIpc) is 2.72. The van der Waals surface area contributed by atoms with Gasteiger partial charge in [-0.1, -0.05) is 30.3 Å². The monoisotopic (exact) mass is 217 g/mol. The molecule has 1 heterocycles. The zero-order valence-electron chi connectivity index (χ0n) is 9.23. The largest absolute Gasteiger partial charge is 0.297 e. The molecule has 0 amide bonds. The number of hydrogen-bond acceptors (Lipinski definition) is 3. The predicted molar refractivity (Wildman–Crippen MR) is 61.4 cm³/mol. The second kappa shape index (κ2) is 5.44. The summed E-state index contributed by atoms with van der Waals surface area (Å²) >= 11 is 0. The molecule has 2 N–H and O–H groups in total. The van der Waals surface area contributed by atoms with Crippen LogP contribution < -0.4 is 5.48 Å². The van der Waals surface area contributed by atoms with Crippen molar-refractivity contribution in [3.63, 3.8) is 0 Å². The van der Waals surface area contributed by atoms with Gasteiger partial charge in [-0.05, 0) is 12.5 Å². The van der Waals surface area contributed by atoms with Crippen molar-refractivity contribution in [3.05, 3.63) is 53.3 Å². The molecule has 0 unspecified atom stereocenters. The maximum absolute atomic E-state index is 5.36. The molecule has 1 aromatic carbocycles. The molecular weight excluding hydrogens is 202 g/mol. The van der Waals surface area contributed by atoms with E-state index >= 15 is 0 Å². The Morgan fingerprint density at radius 1 is 1.31 bits per heavy atom. The number of nitrogens with one attached hydrogen (secondary N) is 2. The molecule has 4 nitrogen and oxygen atoms in total. The maximum Gasteiger partial charge on any atom is 0.0933 e. The third kappa shape index (κ3) is 2.92. The molecule has 4 heteroatoms. The predicted octanol–water partition coefficient (Wildman–Crippen LogP) is 1.94. The van der Waals surface area contributed by atoms with Gasteiger partial charge >= 0.3 is 0 Å². The van der Waals surface area contributed by atoms with Crippen LogP contribution in [0.15, 0.2) is 36.5 Å². The van der Waals surface area contributed by atoms with E-state index in [2.05, 4.69) is 15.7 Å². The summed E-state index contributed by atoms with van der Waals surface area (Å²) in [5, 5.41) is 6.82. The van der Waals surface area contributed by atoms with Crippen LogP contribution in [-0.2, 0) is 18.0 Å². The van der Waals surface area contributed by atoms with Gasteiger partial charge in [0.25, 0.3) is 0 Å². The van der Waals surface area contributed by atoms with E-state index in [1.807, 2.05) is 37.3 Å². The quantitative estimate of drug-likeness (QED) is 0.594. The minimum atomic E-state index is 0.567. The van der Waals surface area contributed by atoms with Gasteiger partial charge in [0, 0.05) is 17.8 Å². The summed E-state index contributed by atoms with van der Waals surface area (Å²) in [6, 6.07) is 10.1. The van der Waals surface area contributed by atoms with Crippen molar-refractivity contribution in [3.8, 4) is 0 Å². The zero-order valence-corrected chi connectivity index (χ0v) is 9.23. The molecule has 0 spiro atoms. The van der Waals surface area contributed by atoms with Gasteiger partial charge in [0.1, 0.15) is 0 Å². The molecule has 0 aliphatic rings. The SMILES string of the molecule is Cc1[nH]ncc1CNOCc1ccccc1. The van der Waals surface area contributed by atoms with Crippen molar-refractivity contribution >= 4 is 0 Å². The number of aromatic amines is 1. The Morgan fingerprint density at radius 3 is 2.81 bits per heavy atom. The van der Waals surface area contributed by atoms with Crippen LogP contribution in [0, 0.1) is 6.92 Å². The first-order valence-electron chi connectivity index (χ1n) is 5.23. The molecule has 0 fully saturated rings. The van der Waals surface area contributed by atoms with Crippen LogP contribution in [-0.4, -0.2) is 10.2 Å². The molecule has 0 atom stereocenters. The van der Waals surface area contributed by atoms with Crippen molar-refractivity contribution in [2.24, 2.45) is 0 Å². The Hall–Kier alpha value is -1.65. The van der Waals surface area contributed by atoms with E-state index in [0.29, 0.717) is 13.2 Å². The summed E-state index contributed by atoms with van der Waals surface area (Å²) in [4.78, 5) is 5.36. The number of aryl methyl sites for hydroxylation is 1. The fraction of sp³-hybridized carbons (Fsp3) is 0.250. The first kappa shape index (κ1) is 10.9. The topological polar surface area (TPSA) is 49.9 Å². The first-order valence-corrected chi connectivity index (χ1v) is 5.23. The highest BCUT2D eigenvalue weighted by Gasteiger charge is 1.99. The Balaban J connectivity index is 1.72. The van der Waals surface area contributed by atoms with E-state index in [0.717, 1.165) is 16.8 Å². The molecule has 0 bridgehead atoms. The van der Waals surface area contributed by atoms with Crippen LogP contribution >= 0.6 is 0 Å². The molecule has 0 saturated heterocycles. The van der Waals surface area contributed by atoms with E-state index in [1.54, 1.807) is 6.20 Å². The standard InChI is InChI=1S/C12H15N3O/c1-10-12(7-13-15-10)8-14-16-9-11-5-3-2-4-6-11/h2-7,14H,8-9H2,1H3,(H,13,15). The first-order chi connectivity index (χ1) is 7.86. The van der Waals surface area contributed by atoms with Gasteiger partial charge in [-0.2, -0.15) is 10.6 Å². The van der Waals surface area contributed by atoms with Gasteiger partial charge in [0.15, 0.2) is 0 Å². The molecule has 2 rings (SSSR count). The van der Waals surface area contributed by atoms with Gasteiger partial charge in [0.2, 0.25) is 0 Å². The van der Waals surface area contributed by atoms with Gasteiger partial charge in [-0.3, -0.25) is 9.94 Å². The molecule has 1 aromatic heterocycles. The fourth-order valence-corrected chi connectivity index (χ4v) is 1.39. The number of nitrogens with zero attached hydrogens (tertiary/aromatic N) is 1. The lowest BCUT2D eigenvalue weighted by Gasteiger charge is -2.05. The van der Waals surface area contributed by atoms with Gasteiger partial charge < -0.3 is 0 Å². The van der Waals surface area contributed by atoms with Gasteiger partial charge in [-0.15, -0.1) is 0 Å². The van der Waals surface area contributed by atoms with Crippen molar-refractivity contribution in [1.29, 1.82) is 0 Å². The van der Waals surface area contributed by atoms with Crippen LogP contribution in [0.3, 0.4) is 0 Å². The van der Waals surface area contributed by atoms with Crippen LogP contribution in [0.4, 0.5) is 0 Å². The minimum Gasteiger partial charge on any atom is -0.297 e. The minimum absolute atomic E-state index is 0.567. The van der Waals surface area contributed by atoms with E-state index in [1.165, 1.54) is 0 Å². The maximum atomic E-state index is 5.36. The molecule has 0 radical (unpaired) electrons. The van der Waals surface area contributed by atoms with Crippen LogP contribution in [0.25, 0.3) is 0 Å².